The maximum Gasteiger partial charge on any atom is 0.338 e. The van der Waals surface area contributed by atoms with Gasteiger partial charge in [-0.25, -0.2) is 17.9 Å². The average Bonchev–Trinajstić information content (AvgIpc) is 3.08. The zero-order chi connectivity index (χ0) is 18.2. The summed E-state index contributed by atoms with van der Waals surface area (Å²) in [6, 6.07) is -0.525. The Morgan fingerprint density at radius 3 is 2.92 bits per heavy atom. The third-order valence-corrected chi connectivity index (χ3v) is 7.65. The van der Waals surface area contributed by atoms with E-state index in [-0.39, 0.29) is 22.1 Å². The van der Waals surface area contributed by atoms with Crippen LogP contribution in [0.5, 0.6) is 0 Å². The molecule has 3 rings (SSSR count). The molecular formula is C15H21N3O5S2. The van der Waals surface area contributed by atoms with E-state index in [0.29, 0.717) is 38.2 Å². The summed E-state index contributed by atoms with van der Waals surface area (Å²) in [5, 5.41) is 12.6. The normalized spacial score (nSPS) is 20.8. The molecule has 0 aliphatic carbocycles. The van der Waals surface area contributed by atoms with Gasteiger partial charge >= 0.3 is 5.97 Å². The molecule has 25 heavy (non-hydrogen) atoms. The summed E-state index contributed by atoms with van der Waals surface area (Å²) in [6.07, 6.45) is 1.41. The van der Waals surface area contributed by atoms with Crippen molar-refractivity contribution in [3.8, 4) is 0 Å². The van der Waals surface area contributed by atoms with Gasteiger partial charge in [0, 0.05) is 37.0 Å². The maximum absolute atomic E-state index is 12.8. The average molecular weight is 387 g/mol. The molecule has 1 aromatic rings. The summed E-state index contributed by atoms with van der Waals surface area (Å²) in [6.45, 7) is 3.97. The smallest absolute Gasteiger partial charge is 0.338 e. The molecule has 138 valence electrons. The van der Waals surface area contributed by atoms with E-state index in [2.05, 4.69) is 10.0 Å². The number of carbonyl (C=O) groups is 2. The number of rotatable bonds is 6. The number of thiophene rings is 1. The molecule has 1 saturated heterocycles. The molecule has 1 aromatic heterocycles. The van der Waals surface area contributed by atoms with Crippen molar-refractivity contribution in [3.05, 3.63) is 16.0 Å². The molecule has 0 unspecified atom stereocenters. The molecule has 1 fully saturated rings. The number of carbonyl (C=O) groups excluding carboxylic acids is 1. The first kappa shape index (κ1) is 18.3. The van der Waals surface area contributed by atoms with Crippen LogP contribution in [0.2, 0.25) is 0 Å². The van der Waals surface area contributed by atoms with Gasteiger partial charge in [0.05, 0.1) is 5.56 Å². The molecule has 1 atom stereocenters. The van der Waals surface area contributed by atoms with Crippen molar-refractivity contribution in [1.82, 2.24) is 14.9 Å². The Morgan fingerprint density at radius 1 is 1.48 bits per heavy atom. The van der Waals surface area contributed by atoms with Crippen LogP contribution in [-0.4, -0.2) is 56.0 Å². The van der Waals surface area contributed by atoms with Crippen LogP contribution in [0.15, 0.2) is 4.21 Å². The minimum Gasteiger partial charge on any atom is -0.478 e. The van der Waals surface area contributed by atoms with Gasteiger partial charge in [-0.2, -0.15) is 0 Å². The molecule has 1 amide bonds. The fourth-order valence-corrected chi connectivity index (χ4v) is 6.43. The van der Waals surface area contributed by atoms with Crippen molar-refractivity contribution < 1.29 is 23.1 Å². The number of likely N-dealkylation sites (tertiary alicyclic amines) is 1. The number of hydrogen-bond acceptors (Lipinski definition) is 6. The van der Waals surface area contributed by atoms with Crippen molar-refractivity contribution in [2.75, 3.05) is 19.6 Å². The van der Waals surface area contributed by atoms with Gasteiger partial charge in [0.1, 0.15) is 4.21 Å². The molecule has 8 nitrogen and oxygen atoms in total. The standard InChI is InChI=1S/C15H21N3O5S2/c1-2-5-18-8-9(6-12(18)19)17-25(22,23)15-13(14(20)21)10-3-4-16-7-11(10)24-15/h9,16-17H,2-8H2,1H3,(H,20,21)/t9-/m0/s1. The first-order valence-corrected chi connectivity index (χ1v) is 10.5. The second-order valence-electron chi connectivity index (χ2n) is 6.26. The second-order valence-corrected chi connectivity index (χ2v) is 9.27. The van der Waals surface area contributed by atoms with Crippen LogP contribution < -0.4 is 10.0 Å². The molecule has 0 aromatic carbocycles. The topological polar surface area (TPSA) is 116 Å². The second kappa shape index (κ2) is 7.02. The van der Waals surface area contributed by atoms with Crippen LogP contribution in [0, 0.1) is 0 Å². The Hall–Kier alpha value is -1.49. The summed E-state index contributed by atoms with van der Waals surface area (Å²) >= 11 is 1.00. The molecule has 3 N–H and O–H groups in total. The summed E-state index contributed by atoms with van der Waals surface area (Å²) in [5.41, 5.74) is 0.482. The van der Waals surface area contributed by atoms with E-state index in [1.54, 1.807) is 4.90 Å². The van der Waals surface area contributed by atoms with Crippen LogP contribution in [0.25, 0.3) is 0 Å². The van der Waals surface area contributed by atoms with Crippen LogP contribution in [-0.2, 0) is 27.8 Å². The van der Waals surface area contributed by atoms with Crippen LogP contribution in [0.4, 0.5) is 0 Å². The van der Waals surface area contributed by atoms with Crippen LogP contribution in [0.3, 0.4) is 0 Å². The molecule has 0 bridgehead atoms. The molecule has 2 aliphatic heterocycles. The zero-order valence-electron chi connectivity index (χ0n) is 13.9. The van der Waals surface area contributed by atoms with E-state index in [4.69, 9.17) is 0 Å². The predicted octanol–water partition coefficient (Wildman–Crippen LogP) is 0.381. The Balaban J connectivity index is 1.87. The lowest BCUT2D eigenvalue weighted by Gasteiger charge is -2.16. The highest BCUT2D eigenvalue weighted by atomic mass is 32.2. The maximum atomic E-state index is 12.8. The van der Waals surface area contributed by atoms with Gasteiger partial charge in [0.15, 0.2) is 0 Å². The predicted molar refractivity (Wildman–Crippen MR) is 92.3 cm³/mol. The largest absolute Gasteiger partial charge is 0.478 e. The lowest BCUT2D eigenvalue weighted by atomic mass is 10.1. The lowest BCUT2D eigenvalue weighted by Crippen LogP contribution is -2.37. The van der Waals surface area contributed by atoms with E-state index < -0.39 is 22.0 Å². The van der Waals surface area contributed by atoms with Crippen molar-refractivity contribution in [3.63, 3.8) is 0 Å². The van der Waals surface area contributed by atoms with Gasteiger partial charge in [-0.3, -0.25) is 4.79 Å². The van der Waals surface area contributed by atoms with Gasteiger partial charge in [-0.15, -0.1) is 11.3 Å². The van der Waals surface area contributed by atoms with E-state index >= 15 is 0 Å². The fraction of sp³-hybridized carbons (Fsp3) is 0.600. The van der Waals surface area contributed by atoms with E-state index in [9.17, 15) is 23.1 Å². The highest BCUT2D eigenvalue weighted by Gasteiger charge is 2.36. The molecular weight excluding hydrogens is 366 g/mol. The third-order valence-electron chi connectivity index (χ3n) is 4.38. The number of fused-ring (bicyclic) bond motifs is 1. The molecule has 0 spiro atoms. The number of hydrogen-bond donors (Lipinski definition) is 3. The molecule has 10 heteroatoms. The zero-order valence-corrected chi connectivity index (χ0v) is 15.5. The number of amides is 1. The Labute approximate surface area is 150 Å². The minimum absolute atomic E-state index is 0.0808. The van der Waals surface area contributed by atoms with Gasteiger partial charge in [-0.1, -0.05) is 6.92 Å². The van der Waals surface area contributed by atoms with E-state index in [0.717, 1.165) is 22.6 Å². The minimum atomic E-state index is -3.99. The van der Waals surface area contributed by atoms with Gasteiger partial charge in [0.2, 0.25) is 5.91 Å². The molecule has 3 heterocycles. The first-order valence-electron chi connectivity index (χ1n) is 8.22. The molecule has 0 saturated carbocycles. The Kier molecular flexibility index (Phi) is 5.14. The SMILES string of the molecule is CCCN1C[C@@H](NS(=O)(=O)c2sc3c(c2C(=O)O)CCNC3)CC1=O. The molecule has 0 radical (unpaired) electrons. The number of aromatic carboxylic acids is 1. The fourth-order valence-electron chi connectivity index (χ4n) is 3.33. The number of carboxylic acid groups (broad SMARTS) is 1. The number of nitrogens with zero attached hydrogens (tertiary/aromatic N) is 1. The summed E-state index contributed by atoms with van der Waals surface area (Å²) < 4.78 is 28.0. The van der Waals surface area contributed by atoms with Crippen molar-refractivity contribution in [2.45, 2.75) is 43.0 Å². The highest BCUT2D eigenvalue weighted by molar-refractivity contribution is 7.91. The van der Waals surface area contributed by atoms with Crippen molar-refractivity contribution in [1.29, 1.82) is 0 Å². The van der Waals surface area contributed by atoms with Crippen molar-refractivity contribution in [2.24, 2.45) is 0 Å². The van der Waals surface area contributed by atoms with E-state index in [1.807, 2.05) is 6.92 Å². The lowest BCUT2D eigenvalue weighted by molar-refractivity contribution is -0.127. The van der Waals surface area contributed by atoms with Gasteiger partial charge in [0.25, 0.3) is 10.0 Å². The summed E-state index contributed by atoms with van der Waals surface area (Å²) in [5.74, 6) is -1.31. The number of carboxylic acids is 1. The Morgan fingerprint density at radius 2 is 2.24 bits per heavy atom. The van der Waals surface area contributed by atoms with Crippen LogP contribution in [0.1, 0.15) is 40.6 Å². The monoisotopic (exact) mass is 387 g/mol. The van der Waals surface area contributed by atoms with Crippen LogP contribution >= 0.6 is 11.3 Å². The summed E-state index contributed by atoms with van der Waals surface area (Å²) in [7, 11) is -3.99. The van der Waals surface area contributed by atoms with Gasteiger partial charge < -0.3 is 15.3 Å². The van der Waals surface area contributed by atoms with Crippen molar-refractivity contribution >= 4 is 33.2 Å². The van der Waals surface area contributed by atoms with Gasteiger partial charge in [-0.05, 0) is 24.9 Å². The first-order chi connectivity index (χ1) is 11.8. The quantitative estimate of drug-likeness (QED) is 0.650. The third kappa shape index (κ3) is 3.57. The van der Waals surface area contributed by atoms with E-state index in [1.165, 1.54) is 0 Å². The highest BCUT2D eigenvalue weighted by Crippen LogP contribution is 2.34. The molecule has 2 aliphatic rings. The number of nitrogens with one attached hydrogen (secondary N) is 2. The summed E-state index contributed by atoms with van der Waals surface area (Å²) in [4.78, 5) is 26.0. The number of sulfonamides is 1. The Bertz CT molecular complexity index is 802.